The van der Waals surface area contributed by atoms with Crippen LogP contribution in [0.15, 0.2) is 58.7 Å². The molecule has 1 aliphatic heterocycles. The molecule has 0 saturated carbocycles. The second-order valence-electron chi connectivity index (χ2n) is 7.39. The zero-order chi connectivity index (χ0) is 20.9. The van der Waals surface area contributed by atoms with Crippen molar-refractivity contribution < 1.29 is 13.2 Å². The molecule has 3 rings (SSSR count). The van der Waals surface area contributed by atoms with Crippen molar-refractivity contribution >= 4 is 40.0 Å². The number of hydrogen-bond acceptors (Lipinski definition) is 5. The summed E-state index contributed by atoms with van der Waals surface area (Å²) in [5, 5.41) is 6.57. The number of para-hydroxylation sites is 1. The summed E-state index contributed by atoms with van der Waals surface area (Å²) in [5.74, 6) is 1.46. The first kappa shape index (κ1) is 24.4. The van der Waals surface area contributed by atoms with Crippen molar-refractivity contribution in [3.05, 3.63) is 54.4 Å². The van der Waals surface area contributed by atoms with Gasteiger partial charge in [-0.2, -0.15) is 0 Å². The number of benzene rings is 1. The largest absolute Gasteiger partial charge is 0.487 e. The lowest BCUT2D eigenvalue weighted by molar-refractivity contribution is 0.0694. The van der Waals surface area contributed by atoms with Gasteiger partial charge in [-0.05, 0) is 32.0 Å². The van der Waals surface area contributed by atoms with Gasteiger partial charge in [0, 0.05) is 44.5 Å². The molecule has 0 aliphatic carbocycles. The maximum Gasteiger partial charge on any atom is 0.242 e. The molecule has 0 spiro atoms. The summed E-state index contributed by atoms with van der Waals surface area (Å²) in [6.45, 7) is 4.71. The van der Waals surface area contributed by atoms with Crippen LogP contribution in [0.5, 0.6) is 5.75 Å². The Hall–Kier alpha value is -1.92. The van der Waals surface area contributed by atoms with Crippen molar-refractivity contribution in [2.75, 3.05) is 20.1 Å². The first-order chi connectivity index (χ1) is 13.8. The van der Waals surface area contributed by atoms with E-state index in [0.717, 1.165) is 17.7 Å². The highest BCUT2D eigenvalue weighted by atomic mass is 127. The smallest absolute Gasteiger partial charge is 0.242 e. The Morgan fingerprint density at radius 2 is 2.00 bits per heavy atom. The third-order valence-corrected chi connectivity index (χ3v) is 6.01. The maximum absolute atomic E-state index is 12.2. The molecular weight excluding hydrogens is 517 g/mol. The molecule has 1 aromatic carbocycles. The van der Waals surface area contributed by atoms with Crippen LogP contribution in [0.1, 0.15) is 31.9 Å². The topological polar surface area (TPSA) is 105 Å². The number of sulfonamides is 1. The Morgan fingerprint density at radius 3 is 2.70 bits per heavy atom. The summed E-state index contributed by atoms with van der Waals surface area (Å²) in [7, 11) is -1.89. The molecule has 2 aromatic rings. The molecule has 1 atom stereocenters. The molecule has 0 fully saturated rings. The normalized spacial score (nSPS) is 17.8. The minimum Gasteiger partial charge on any atom is -0.487 e. The summed E-state index contributed by atoms with van der Waals surface area (Å²) in [6.07, 6.45) is 3.63. The van der Waals surface area contributed by atoms with Crippen LogP contribution >= 0.6 is 24.0 Å². The van der Waals surface area contributed by atoms with E-state index < -0.39 is 10.0 Å². The lowest BCUT2D eigenvalue weighted by atomic mass is 9.90. The van der Waals surface area contributed by atoms with Gasteiger partial charge < -0.3 is 15.4 Å². The van der Waals surface area contributed by atoms with Gasteiger partial charge in [0.05, 0.1) is 6.04 Å². The van der Waals surface area contributed by atoms with Crippen molar-refractivity contribution in [1.82, 2.24) is 20.3 Å². The summed E-state index contributed by atoms with van der Waals surface area (Å²) in [6, 6.07) is 11.1. The van der Waals surface area contributed by atoms with E-state index in [2.05, 4.69) is 39.2 Å². The van der Waals surface area contributed by atoms with E-state index in [1.807, 2.05) is 24.3 Å². The summed E-state index contributed by atoms with van der Waals surface area (Å²) >= 11 is 0. The second kappa shape index (κ2) is 10.4. The Bertz CT molecular complexity index is 967. The molecule has 0 bridgehead atoms. The van der Waals surface area contributed by atoms with Crippen LogP contribution in [0.2, 0.25) is 0 Å². The van der Waals surface area contributed by atoms with E-state index in [9.17, 15) is 8.42 Å². The minimum atomic E-state index is -3.58. The van der Waals surface area contributed by atoms with Crippen molar-refractivity contribution in [3.63, 3.8) is 0 Å². The Kier molecular flexibility index (Phi) is 8.44. The van der Waals surface area contributed by atoms with E-state index in [4.69, 9.17) is 4.74 Å². The van der Waals surface area contributed by atoms with E-state index in [1.54, 1.807) is 13.1 Å². The third-order valence-electron chi connectivity index (χ3n) is 4.57. The van der Waals surface area contributed by atoms with Crippen LogP contribution in [-0.4, -0.2) is 45.1 Å². The molecule has 1 unspecified atom stereocenters. The highest BCUT2D eigenvalue weighted by Crippen LogP contribution is 2.39. The fourth-order valence-electron chi connectivity index (χ4n) is 3.25. The summed E-state index contributed by atoms with van der Waals surface area (Å²) in [5.41, 5.74) is 0.775. The van der Waals surface area contributed by atoms with Gasteiger partial charge in [-0.25, -0.2) is 13.1 Å². The molecule has 1 aliphatic rings. The fourth-order valence-corrected chi connectivity index (χ4v) is 4.24. The number of guanidine groups is 1. The fraction of sp³-hybridized carbons (Fsp3) is 0.400. The molecule has 2 heterocycles. The van der Waals surface area contributed by atoms with Crippen LogP contribution in [-0.2, 0) is 10.0 Å². The molecule has 8 nitrogen and oxygen atoms in total. The first-order valence-corrected chi connectivity index (χ1v) is 10.9. The number of pyridine rings is 1. The zero-order valence-electron chi connectivity index (χ0n) is 17.3. The van der Waals surface area contributed by atoms with Crippen LogP contribution in [0, 0.1) is 0 Å². The monoisotopic (exact) mass is 545 g/mol. The van der Waals surface area contributed by atoms with Crippen LogP contribution in [0.3, 0.4) is 0 Å². The number of aliphatic imine (C=N–C) groups is 1. The molecule has 30 heavy (non-hydrogen) atoms. The molecule has 0 saturated heterocycles. The van der Waals surface area contributed by atoms with Crippen LogP contribution in [0.4, 0.5) is 0 Å². The lowest BCUT2D eigenvalue weighted by Crippen LogP contribution is -2.46. The van der Waals surface area contributed by atoms with Crippen LogP contribution < -0.4 is 20.1 Å². The van der Waals surface area contributed by atoms with Crippen molar-refractivity contribution in [1.29, 1.82) is 0 Å². The minimum absolute atomic E-state index is 0. The second-order valence-corrected chi connectivity index (χ2v) is 9.15. The number of fused-ring (bicyclic) bond motifs is 1. The molecule has 1 aromatic heterocycles. The number of aromatic nitrogens is 1. The Labute approximate surface area is 195 Å². The number of rotatable bonds is 6. The molecule has 164 valence electrons. The van der Waals surface area contributed by atoms with E-state index in [0.29, 0.717) is 12.5 Å². The number of halogens is 1. The average Bonchev–Trinajstić information content (AvgIpc) is 2.70. The number of hydrogen-bond donors (Lipinski definition) is 3. The maximum atomic E-state index is 12.2. The highest BCUT2D eigenvalue weighted by Gasteiger charge is 2.33. The molecular formula is C20H28IN5O3S. The quantitative estimate of drug-likeness (QED) is 0.223. The molecule has 10 heteroatoms. The molecule has 0 radical (unpaired) electrons. The van der Waals surface area contributed by atoms with Gasteiger partial charge >= 0.3 is 0 Å². The number of nitrogens with one attached hydrogen (secondary N) is 3. The molecule has 0 amide bonds. The number of ether oxygens (including phenoxy) is 1. The zero-order valence-corrected chi connectivity index (χ0v) is 20.4. The van der Waals surface area contributed by atoms with Gasteiger partial charge in [0.15, 0.2) is 5.96 Å². The van der Waals surface area contributed by atoms with Gasteiger partial charge in [-0.3, -0.25) is 9.98 Å². The highest BCUT2D eigenvalue weighted by molar-refractivity contribution is 14.0. The van der Waals surface area contributed by atoms with Crippen LogP contribution in [0.25, 0.3) is 0 Å². The predicted octanol–water partition coefficient (Wildman–Crippen LogP) is 2.45. The van der Waals surface area contributed by atoms with Gasteiger partial charge in [0.25, 0.3) is 0 Å². The van der Waals surface area contributed by atoms with Crippen molar-refractivity contribution in [3.8, 4) is 5.75 Å². The average molecular weight is 545 g/mol. The standard InChI is InChI=1S/C20H27N5O3S.HI/c1-20(2)13-17(16-8-4-5-9-18(16)28-20)25-19(21-3)23-11-12-24-29(26,27)15-7-6-10-22-14-15;/h4-10,14,17,24H,11-13H2,1-3H3,(H2,21,23,25);1H. The van der Waals surface area contributed by atoms with Gasteiger partial charge in [-0.15, -0.1) is 24.0 Å². The van der Waals surface area contributed by atoms with Gasteiger partial charge in [0.2, 0.25) is 10.0 Å². The summed E-state index contributed by atoms with van der Waals surface area (Å²) < 4.78 is 33.1. The Morgan fingerprint density at radius 1 is 1.23 bits per heavy atom. The van der Waals surface area contributed by atoms with Crippen molar-refractivity contribution in [2.24, 2.45) is 4.99 Å². The third kappa shape index (κ3) is 6.29. The van der Waals surface area contributed by atoms with E-state index >= 15 is 0 Å². The number of nitrogens with zero attached hydrogens (tertiary/aromatic N) is 2. The van der Waals surface area contributed by atoms with Crippen molar-refractivity contribution in [2.45, 2.75) is 36.8 Å². The predicted molar refractivity (Wildman–Crippen MR) is 128 cm³/mol. The van der Waals surface area contributed by atoms with Gasteiger partial charge in [-0.1, -0.05) is 18.2 Å². The molecule has 3 N–H and O–H groups in total. The van der Waals surface area contributed by atoms with E-state index in [-0.39, 0.29) is 47.1 Å². The SMILES string of the molecule is CN=C(NCCNS(=O)(=O)c1cccnc1)NC1CC(C)(C)Oc2ccccc21.I. The first-order valence-electron chi connectivity index (χ1n) is 9.45. The summed E-state index contributed by atoms with van der Waals surface area (Å²) in [4.78, 5) is 8.25. The van der Waals surface area contributed by atoms with Gasteiger partial charge in [0.1, 0.15) is 16.2 Å². The van der Waals surface area contributed by atoms with E-state index in [1.165, 1.54) is 18.5 Å². The Balaban J connectivity index is 0.00000320. The lowest BCUT2D eigenvalue weighted by Gasteiger charge is -2.38.